The molecule has 1 amide bonds. The number of amides is 1. The van der Waals surface area contributed by atoms with E-state index in [4.69, 9.17) is 4.43 Å². The molecule has 0 aromatic heterocycles. The van der Waals surface area contributed by atoms with E-state index in [9.17, 15) is 14.9 Å². The molecule has 7 heteroatoms. The van der Waals surface area contributed by atoms with Crippen LogP contribution in [0.3, 0.4) is 0 Å². The summed E-state index contributed by atoms with van der Waals surface area (Å²) < 4.78 is 6.57. The van der Waals surface area contributed by atoms with E-state index in [1.807, 2.05) is 0 Å². The van der Waals surface area contributed by atoms with E-state index in [-0.39, 0.29) is 5.69 Å². The molecule has 0 aliphatic carbocycles. The van der Waals surface area contributed by atoms with Gasteiger partial charge < -0.3 is 9.74 Å². The minimum Gasteiger partial charge on any atom is -0.542 e. The largest absolute Gasteiger partial charge is 0.542 e. The monoisotopic (exact) mass is 390 g/mol. The summed E-state index contributed by atoms with van der Waals surface area (Å²) in [4.78, 5) is 21.6. The first-order valence-electron chi connectivity index (χ1n) is 9.17. The van der Waals surface area contributed by atoms with Gasteiger partial charge in [-0.3, -0.25) is 14.9 Å². The first-order valence-corrected chi connectivity index (χ1v) is 11.3. The fourth-order valence-corrected chi connectivity index (χ4v) is 8.99. The third-order valence-electron chi connectivity index (χ3n) is 4.86. The number of nitro benzene ring substituents is 1. The van der Waals surface area contributed by atoms with Crippen LogP contribution in [-0.4, -0.2) is 19.7 Å². The molecule has 6 nitrogen and oxygen atoms in total. The number of hydrogen-bond acceptors (Lipinski definition) is 4. The molecule has 1 N–H and O–H groups in total. The number of nitrogens with zero attached hydrogens (tertiary/aromatic N) is 1. The summed E-state index contributed by atoms with van der Waals surface area (Å²) in [6.07, 6.45) is 5.42. The van der Waals surface area contributed by atoms with Crippen LogP contribution in [-0.2, 0) is 9.22 Å². The molecule has 0 spiro atoms. The highest BCUT2D eigenvalue weighted by Gasteiger charge is 2.47. The van der Waals surface area contributed by atoms with Crippen molar-refractivity contribution in [3.8, 4) is 0 Å². The lowest BCUT2D eigenvalue weighted by Crippen LogP contribution is -2.47. The summed E-state index contributed by atoms with van der Waals surface area (Å²) in [5.74, 6) is 0.503. The van der Waals surface area contributed by atoms with Crippen LogP contribution in [0.15, 0.2) is 42.3 Å². The predicted molar refractivity (Wildman–Crippen MR) is 112 cm³/mol. The zero-order valence-electron chi connectivity index (χ0n) is 16.9. The van der Waals surface area contributed by atoms with E-state index in [0.717, 1.165) is 0 Å². The van der Waals surface area contributed by atoms with Gasteiger partial charge >= 0.3 is 0 Å². The number of carbonyl (C=O) groups is 1. The topological polar surface area (TPSA) is 81.5 Å². The first-order chi connectivity index (χ1) is 12.7. The lowest BCUT2D eigenvalue weighted by molar-refractivity contribution is -0.385. The average Bonchev–Trinajstić information content (AvgIpc) is 2.60. The van der Waals surface area contributed by atoms with Crippen molar-refractivity contribution in [2.24, 2.45) is 0 Å². The molecule has 1 aromatic carbocycles. The van der Waals surface area contributed by atoms with Gasteiger partial charge in [-0.05, 0) is 34.8 Å². The maximum Gasteiger partial charge on any atom is 0.276 e. The van der Waals surface area contributed by atoms with Crippen LogP contribution < -0.4 is 5.32 Å². The van der Waals surface area contributed by atoms with E-state index < -0.39 is 13.2 Å². The fraction of sp³-hybridized carbons (Fsp3) is 0.450. The Morgan fingerprint density at radius 1 is 1.11 bits per heavy atom. The smallest absolute Gasteiger partial charge is 0.276 e. The Labute approximate surface area is 162 Å². The second-order valence-electron chi connectivity index (χ2n) is 7.40. The van der Waals surface area contributed by atoms with Gasteiger partial charge in [0.15, 0.2) is 0 Å². The van der Waals surface area contributed by atoms with Gasteiger partial charge in [-0.25, -0.2) is 0 Å². The van der Waals surface area contributed by atoms with Crippen molar-refractivity contribution in [3.05, 3.63) is 58.0 Å². The molecule has 0 saturated carbocycles. The molecule has 0 saturated heterocycles. The normalized spacial score (nSPS) is 12.9. The molecule has 0 unspecified atom stereocenters. The number of carbonyl (C=O) groups excluding carboxylic acids is 1. The van der Waals surface area contributed by atoms with E-state index in [0.29, 0.717) is 34.4 Å². The van der Waals surface area contributed by atoms with Crippen molar-refractivity contribution < 1.29 is 14.1 Å². The van der Waals surface area contributed by atoms with Crippen molar-refractivity contribution in [2.75, 3.05) is 0 Å². The van der Waals surface area contributed by atoms with Crippen molar-refractivity contribution in [3.63, 3.8) is 0 Å². The Morgan fingerprint density at radius 3 is 2.15 bits per heavy atom. The van der Waals surface area contributed by atoms with Gasteiger partial charge in [-0.1, -0.05) is 53.7 Å². The van der Waals surface area contributed by atoms with Gasteiger partial charge in [-0.15, -0.1) is 0 Å². The van der Waals surface area contributed by atoms with Crippen LogP contribution in [0.4, 0.5) is 5.69 Å². The Kier molecular flexibility index (Phi) is 8.43. The van der Waals surface area contributed by atoms with Crippen LogP contribution in [0.25, 0.3) is 6.08 Å². The number of benzene rings is 1. The molecule has 27 heavy (non-hydrogen) atoms. The van der Waals surface area contributed by atoms with E-state index in [1.165, 1.54) is 12.3 Å². The molecule has 0 aliphatic heterocycles. The Balaban J connectivity index is 3.31. The Morgan fingerprint density at radius 2 is 1.67 bits per heavy atom. The van der Waals surface area contributed by atoms with Gasteiger partial charge in [0.1, 0.15) is 5.76 Å². The molecule has 148 valence electrons. The SMILES string of the molecule is CC(C)[Si](OC(/C=C/c1ccccc1[N+](=O)[O-])=C/NC=O)(C(C)C)C(C)C. The second-order valence-corrected chi connectivity index (χ2v) is 12.8. The number of hydrogen-bond donors (Lipinski definition) is 1. The number of allylic oxidation sites excluding steroid dienone is 1. The summed E-state index contributed by atoms with van der Waals surface area (Å²) in [5, 5.41) is 13.7. The molecule has 0 aliphatic rings. The maximum absolute atomic E-state index is 11.2. The molecule has 0 fully saturated rings. The third-order valence-corrected chi connectivity index (χ3v) is 10.9. The minimum atomic E-state index is -2.22. The summed E-state index contributed by atoms with van der Waals surface area (Å²) in [6, 6.07) is 6.52. The second kappa shape index (κ2) is 10.1. The number of nitro groups is 1. The predicted octanol–water partition coefficient (Wildman–Crippen LogP) is 5.39. The highest BCUT2D eigenvalue weighted by atomic mass is 28.4. The zero-order chi connectivity index (χ0) is 20.6. The quantitative estimate of drug-likeness (QED) is 0.145. The Hall–Kier alpha value is -2.41. The van der Waals surface area contributed by atoms with Crippen LogP contribution in [0, 0.1) is 10.1 Å². The standard InChI is InChI=1S/C20H30N2O4Si/c1-15(2)27(16(3)4,17(5)6)26-19(13-21-14-23)12-11-18-9-7-8-10-20(18)22(24)25/h7-17H,1-6H3,(H,21,23)/b12-11+,19-13+. The van der Waals surface area contributed by atoms with Crippen LogP contribution >= 0.6 is 0 Å². The molecule has 1 aromatic rings. The number of para-hydroxylation sites is 1. The minimum absolute atomic E-state index is 0.0246. The van der Waals surface area contributed by atoms with E-state index in [2.05, 4.69) is 46.9 Å². The van der Waals surface area contributed by atoms with Crippen LogP contribution in [0.1, 0.15) is 47.1 Å². The van der Waals surface area contributed by atoms with E-state index >= 15 is 0 Å². The van der Waals surface area contributed by atoms with E-state index in [1.54, 1.807) is 30.4 Å². The summed E-state index contributed by atoms with van der Waals surface area (Å²) in [7, 11) is -2.22. The zero-order valence-corrected chi connectivity index (χ0v) is 17.9. The maximum atomic E-state index is 11.2. The van der Waals surface area contributed by atoms with Gasteiger partial charge in [0, 0.05) is 12.3 Å². The van der Waals surface area contributed by atoms with Gasteiger partial charge in [0.25, 0.3) is 14.0 Å². The van der Waals surface area contributed by atoms with Gasteiger partial charge in [-0.2, -0.15) is 0 Å². The summed E-state index contributed by atoms with van der Waals surface area (Å²) in [5.41, 5.74) is 1.58. The van der Waals surface area contributed by atoms with Gasteiger partial charge in [0.05, 0.1) is 10.5 Å². The molecule has 0 atom stereocenters. The third kappa shape index (κ3) is 5.53. The number of rotatable bonds is 10. The highest BCUT2D eigenvalue weighted by molar-refractivity contribution is 6.77. The van der Waals surface area contributed by atoms with Crippen LogP contribution in [0.5, 0.6) is 0 Å². The molecule has 0 heterocycles. The molecule has 0 bridgehead atoms. The number of nitrogens with one attached hydrogen (secondary N) is 1. The molecule has 0 radical (unpaired) electrons. The first kappa shape index (κ1) is 22.6. The molecular formula is C20H30N2O4Si. The lowest BCUT2D eigenvalue weighted by Gasteiger charge is -2.42. The Bertz CT molecular complexity index is 690. The summed E-state index contributed by atoms with van der Waals surface area (Å²) >= 11 is 0. The fourth-order valence-electron chi connectivity index (χ4n) is 3.75. The van der Waals surface area contributed by atoms with Crippen molar-refractivity contribution in [1.82, 2.24) is 5.32 Å². The molecular weight excluding hydrogens is 360 g/mol. The molecule has 1 rings (SSSR count). The van der Waals surface area contributed by atoms with Crippen molar-refractivity contribution >= 4 is 26.5 Å². The van der Waals surface area contributed by atoms with Crippen molar-refractivity contribution in [2.45, 2.75) is 58.2 Å². The summed E-state index contributed by atoms with van der Waals surface area (Å²) in [6.45, 7) is 13.0. The van der Waals surface area contributed by atoms with Crippen molar-refractivity contribution in [1.29, 1.82) is 0 Å². The average molecular weight is 391 g/mol. The highest BCUT2D eigenvalue weighted by Crippen LogP contribution is 2.43. The lowest BCUT2D eigenvalue weighted by atomic mass is 10.1. The van der Waals surface area contributed by atoms with Gasteiger partial charge in [0.2, 0.25) is 6.41 Å². The van der Waals surface area contributed by atoms with Crippen LogP contribution in [0.2, 0.25) is 16.6 Å².